The largest absolute Gasteiger partial charge is 0.254 e. The zero-order valence-electron chi connectivity index (χ0n) is 29.6. The Labute approximate surface area is 313 Å². The van der Waals surface area contributed by atoms with E-state index in [9.17, 15) is 0 Å². The van der Waals surface area contributed by atoms with Crippen LogP contribution in [0.3, 0.4) is 0 Å². The van der Waals surface area contributed by atoms with Crippen molar-refractivity contribution in [3.63, 3.8) is 0 Å². The van der Waals surface area contributed by atoms with Crippen molar-refractivity contribution < 1.29 is 0 Å². The Balaban J connectivity index is 1.26. The number of hydrogen-bond acceptors (Lipinski definition) is 2. The summed E-state index contributed by atoms with van der Waals surface area (Å²) in [5.41, 5.74) is 12.9. The highest BCUT2D eigenvalue weighted by atomic mass is 14.8. The third-order valence-corrected chi connectivity index (χ3v) is 11.3. The Bertz CT molecular complexity index is 3160. The molecule has 0 saturated carbocycles. The van der Waals surface area contributed by atoms with Gasteiger partial charge in [0.1, 0.15) is 0 Å². The Hall–Kier alpha value is -6.90. The van der Waals surface area contributed by atoms with E-state index in [1.54, 1.807) is 0 Å². The van der Waals surface area contributed by atoms with Gasteiger partial charge in [0.25, 0.3) is 0 Å². The van der Waals surface area contributed by atoms with E-state index >= 15 is 0 Å². The van der Waals surface area contributed by atoms with Gasteiger partial charge in [0.05, 0.1) is 11.2 Å². The van der Waals surface area contributed by atoms with Crippen LogP contribution in [0.25, 0.3) is 87.4 Å². The molecule has 0 N–H and O–H groups in total. The minimum atomic E-state index is 0.863. The molecule has 1 aliphatic heterocycles. The van der Waals surface area contributed by atoms with E-state index in [0.29, 0.717) is 0 Å². The number of nitrogens with zero attached hydrogens (tertiary/aromatic N) is 2. The zero-order valence-corrected chi connectivity index (χ0v) is 29.6. The SMILES string of the molecule is c1ccc(-c2cc3ccccc3cc2-c2c3ccccc3c(C3=Nc4c(ccc5cccnc45)CC3)c3ccc(-c4ccc5ccccc5c4)cc23)cc1. The first kappa shape index (κ1) is 30.7. The molecule has 54 heavy (non-hydrogen) atoms. The molecule has 0 saturated heterocycles. The minimum Gasteiger partial charge on any atom is -0.254 e. The van der Waals surface area contributed by atoms with E-state index in [0.717, 1.165) is 35.1 Å². The maximum Gasteiger partial charge on any atom is 0.0961 e. The van der Waals surface area contributed by atoms with Gasteiger partial charge < -0.3 is 0 Å². The Morgan fingerprint density at radius 3 is 1.80 bits per heavy atom. The topological polar surface area (TPSA) is 25.2 Å². The third-order valence-electron chi connectivity index (χ3n) is 11.3. The van der Waals surface area contributed by atoms with Crippen LogP contribution in [0.4, 0.5) is 5.69 Å². The fraction of sp³-hybridized carbons (Fsp3) is 0.0385. The fourth-order valence-electron chi connectivity index (χ4n) is 8.75. The number of aryl methyl sites for hydroxylation is 1. The molecule has 0 atom stereocenters. The summed E-state index contributed by atoms with van der Waals surface area (Å²) < 4.78 is 0. The van der Waals surface area contributed by atoms with Crippen molar-refractivity contribution >= 4 is 65.4 Å². The van der Waals surface area contributed by atoms with Gasteiger partial charge in [-0.25, -0.2) is 0 Å². The Morgan fingerprint density at radius 1 is 0.370 bits per heavy atom. The van der Waals surface area contributed by atoms with Crippen LogP contribution in [0.2, 0.25) is 0 Å². The van der Waals surface area contributed by atoms with Crippen molar-refractivity contribution in [1.29, 1.82) is 0 Å². The van der Waals surface area contributed by atoms with E-state index in [2.05, 4.69) is 170 Å². The molecule has 2 heterocycles. The highest BCUT2D eigenvalue weighted by Gasteiger charge is 2.24. The molecule has 2 heteroatoms. The quantitative estimate of drug-likeness (QED) is 0.169. The molecule has 2 nitrogen and oxygen atoms in total. The highest BCUT2D eigenvalue weighted by molar-refractivity contribution is 6.28. The molecule has 0 radical (unpaired) electrons. The van der Waals surface area contributed by atoms with Crippen LogP contribution < -0.4 is 0 Å². The molecule has 10 aromatic rings. The summed E-state index contributed by atoms with van der Waals surface area (Å²) in [4.78, 5) is 10.3. The van der Waals surface area contributed by atoms with Gasteiger partial charge in [0, 0.05) is 22.9 Å². The molecule has 0 spiro atoms. The average molecular weight is 687 g/mol. The summed E-state index contributed by atoms with van der Waals surface area (Å²) in [7, 11) is 0. The lowest BCUT2D eigenvalue weighted by Gasteiger charge is -2.23. The predicted molar refractivity (Wildman–Crippen MR) is 229 cm³/mol. The molecule has 0 fully saturated rings. The van der Waals surface area contributed by atoms with Crippen molar-refractivity contribution in [3.05, 3.63) is 193 Å². The van der Waals surface area contributed by atoms with Crippen LogP contribution in [0, 0.1) is 0 Å². The second-order valence-corrected chi connectivity index (χ2v) is 14.4. The lowest BCUT2D eigenvalue weighted by Crippen LogP contribution is -2.10. The lowest BCUT2D eigenvalue weighted by molar-refractivity contribution is 1.01. The number of pyridine rings is 1. The molecule has 0 bridgehead atoms. The normalized spacial score (nSPS) is 12.8. The molecule has 0 aliphatic carbocycles. The Kier molecular flexibility index (Phi) is 7.03. The zero-order chi connectivity index (χ0) is 35.6. The summed E-state index contributed by atoms with van der Waals surface area (Å²) in [6.45, 7) is 0. The van der Waals surface area contributed by atoms with Gasteiger partial charge in [0.15, 0.2) is 0 Å². The standard InChI is InChI=1S/C52H34N2/c1-2-12-34(13-3-1)45-30-38-15-6-7-16-39(38)31-47(45)49-42-18-8-9-19-43(42)50(48-27-25-36-22-21-35-17-10-28-53-51(35)52(36)54-48)44-26-24-41(32-46(44)49)40-23-20-33-11-4-5-14-37(33)29-40/h1-24,26,28-32H,25,27H2. The van der Waals surface area contributed by atoms with Gasteiger partial charge in [-0.3, -0.25) is 9.98 Å². The third kappa shape index (κ3) is 4.95. The van der Waals surface area contributed by atoms with Crippen molar-refractivity contribution in [2.75, 3.05) is 0 Å². The maximum absolute atomic E-state index is 5.52. The van der Waals surface area contributed by atoms with Gasteiger partial charge >= 0.3 is 0 Å². The van der Waals surface area contributed by atoms with Crippen molar-refractivity contribution in [1.82, 2.24) is 4.98 Å². The molecular weight excluding hydrogens is 653 g/mol. The van der Waals surface area contributed by atoms with Gasteiger partial charge in [-0.15, -0.1) is 0 Å². The van der Waals surface area contributed by atoms with E-state index in [1.807, 2.05) is 12.3 Å². The number of rotatable bonds is 4. The van der Waals surface area contributed by atoms with Crippen LogP contribution in [-0.4, -0.2) is 10.7 Å². The van der Waals surface area contributed by atoms with E-state index in [1.165, 1.54) is 87.6 Å². The van der Waals surface area contributed by atoms with E-state index in [4.69, 9.17) is 9.98 Å². The van der Waals surface area contributed by atoms with Gasteiger partial charge in [-0.05, 0) is 125 Å². The second-order valence-electron chi connectivity index (χ2n) is 14.4. The number of benzene rings is 9. The summed E-state index contributed by atoms with van der Waals surface area (Å²) in [5, 5.41) is 11.0. The lowest BCUT2D eigenvalue weighted by atomic mass is 9.81. The first-order chi connectivity index (χ1) is 26.8. The van der Waals surface area contributed by atoms with Crippen LogP contribution in [0.1, 0.15) is 17.5 Å². The van der Waals surface area contributed by atoms with Crippen LogP contribution >= 0.6 is 0 Å². The van der Waals surface area contributed by atoms with Crippen molar-refractivity contribution in [2.45, 2.75) is 12.8 Å². The monoisotopic (exact) mass is 686 g/mol. The van der Waals surface area contributed by atoms with Crippen LogP contribution in [-0.2, 0) is 6.42 Å². The van der Waals surface area contributed by atoms with Crippen LogP contribution in [0.5, 0.6) is 0 Å². The Morgan fingerprint density at radius 2 is 0.981 bits per heavy atom. The number of fused-ring (bicyclic) bond motifs is 7. The number of aliphatic imine (C=N–C) groups is 1. The summed E-state index contributed by atoms with van der Waals surface area (Å²) in [5.74, 6) is 0. The first-order valence-electron chi connectivity index (χ1n) is 18.8. The van der Waals surface area contributed by atoms with E-state index in [-0.39, 0.29) is 0 Å². The molecule has 0 amide bonds. The molecule has 1 aliphatic rings. The average Bonchev–Trinajstić information content (AvgIpc) is 3.25. The fourth-order valence-corrected chi connectivity index (χ4v) is 8.75. The summed E-state index contributed by atoms with van der Waals surface area (Å²) in [6, 6.07) is 64.4. The summed E-state index contributed by atoms with van der Waals surface area (Å²) >= 11 is 0. The number of hydrogen-bond donors (Lipinski definition) is 0. The van der Waals surface area contributed by atoms with Gasteiger partial charge in [-0.2, -0.15) is 0 Å². The number of aromatic nitrogens is 1. The van der Waals surface area contributed by atoms with Gasteiger partial charge in [0.2, 0.25) is 0 Å². The molecule has 1 aromatic heterocycles. The second kappa shape index (κ2) is 12.4. The maximum atomic E-state index is 5.52. The smallest absolute Gasteiger partial charge is 0.0961 e. The van der Waals surface area contributed by atoms with Crippen LogP contribution in [0.15, 0.2) is 187 Å². The molecule has 9 aromatic carbocycles. The van der Waals surface area contributed by atoms with Crippen molar-refractivity contribution in [3.8, 4) is 33.4 Å². The van der Waals surface area contributed by atoms with Crippen molar-refractivity contribution in [2.24, 2.45) is 4.99 Å². The first-order valence-corrected chi connectivity index (χ1v) is 18.8. The molecule has 11 rings (SSSR count). The van der Waals surface area contributed by atoms with Gasteiger partial charge in [-0.1, -0.05) is 146 Å². The van der Waals surface area contributed by atoms with E-state index < -0.39 is 0 Å². The highest BCUT2D eigenvalue weighted by Crippen LogP contribution is 2.47. The molecule has 252 valence electrons. The molecular formula is C52H34N2. The predicted octanol–water partition coefficient (Wildman–Crippen LogP) is 13.9. The molecule has 0 unspecified atom stereocenters. The minimum absolute atomic E-state index is 0.863. The summed E-state index contributed by atoms with van der Waals surface area (Å²) in [6.07, 6.45) is 3.67.